The molecule has 0 unspecified atom stereocenters. The fourth-order valence-corrected chi connectivity index (χ4v) is 5.82. The quantitative estimate of drug-likeness (QED) is 0.399. The Labute approximate surface area is 183 Å². The van der Waals surface area contributed by atoms with Crippen molar-refractivity contribution in [1.29, 1.82) is 0 Å². The molecule has 3 aromatic carbocycles. The predicted molar refractivity (Wildman–Crippen MR) is 126 cm³/mol. The topological polar surface area (TPSA) is 59.3 Å². The van der Waals surface area contributed by atoms with Crippen molar-refractivity contribution in [2.45, 2.75) is 44.9 Å². The lowest BCUT2D eigenvalue weighted by Gasteiger charge is -2.33. The van der Waals surface area contributed by atoms with Crippen LogP contribution in [-0.2, 0) is 22.9 Å². The fourth-order valence-electron chi connectivity index (χ4n) is 4.72. The molecule has 0 fully saturated rings. The average molecular weight is 434 g/mol. The Balaban J connectivity index is 1.69. The van der Waals surface area contributed by atoms with Gasteiger partial charge in [0.1, 0.15) is 11.3 Å². The van der Waals surface area contributed by atoms with Crippen molar-refractivity contribution in [2.24, 2.45) is 11.3 Å². The molecular weight excluding hydrogens is 406 g/mol. The second kappa shape index (κ2) is 7.13. The number of aryl methyl sites for hydroxylation is 1. The molecule has 1 aromatic heterocycles. The van der Waals surface area contributed by atoms with Crippen molar-refractivity contribution >= 4 is 37.5 Å². The van der Waals surface area contributed by atoms with Crippen LogP contribution in [0.2, 0.25) is 0 Å². The van der Waals surface area contributed by atoms with Crippen LogP contribution in [0.5, 0.6) is 0 Å². The highest BCUT2D eigenvalue weighted by Gasteiger charge is 2.32. The maximum absolute atomic E-state index is 13.1. The number of rotatable bonds is 3. The largest absolute Gasteiger partial charge is 0.460 e. The van der Waals surface area contributed by atoms with Gasteiger partial charge < -0.3 is 4.42 Å². The summed E-state index contributed by atoms with van der Waals surface area (Å²) in [5.41, 5.74) is 2.90. The Kier molecular flexibility index (Phi) is 4.63. The lowest BCUT2D eigenvalue weighted by molar-refractivity contribution is 0.210. The van der Waals surface area contributed by atoms with E-state index in [1.54, 1.807) is 24.3 Å². The molecule has 1 atom stereocenters. The molecule has 0 bridgehead atoms. The predicted octanol–water partition coefficient (Wildman–Crippen LogP) is 6.54. The van der Waals surface area contributed by atoms with E-state index in [4.69, 9.17) is 4.42 Å². The van der Waals surface area contributed by atoms with E-state index < -0.39 is 10.0 Å². The third-order valence-electron chi connectivity index (χ3n) is 6.58. The molecule has 4 aromatic rings. The minimum absolute atomic E-state index is 0.218. The molecule has 5 rings (SSSR count). The zero-order valence-corrected chi connectivity index (χ0v) is 18.9. The molecule has 0 spiro atoms. The van der Waals surface area contributed by atoms with Gasteiger partial charge in [-0.25, -0.2) is 8.42 Å². The smallest absolute Gasteiger partial charge is 0.261 e. The van der Waals surface area contributed by atoms with Gasteiger partial charge in [0.15, 0.2) is 0 Å². The van der Waals surface area contributed by atoms with E-state index in [0.717, 1.165) is 46.8 Å². The second-order valence-corrected chi connectivity index (χ2v) is 11.3. The lowest BCUT2D eigenvalue weighted by atomic mass is 9.71. The molecule has 0 radical (unpaired) electrons. The van der Waals surface area contributed by atoms with Gasteiger partial charge in [0, 0.05) is 28.1 Å². The zero-order valence-electron chi connectivity index (χ0n) is 18.1. The maximum atomic E-state index is 13.1. The normalized spacial score (nSPS) is 17.1. The van der Waals surface area contributed by atoms with Gasteiger partial charge in [-0.3, -0.25) is 4.72 Å². The molecular formula is C26H27NO3S. The summed E-state index contributed by atoms with van der Waals surface area (Å²) in [6, 6.07) is 18.3. The molecule has 0 aliphatic heterocycles. The van der Waals surface area contributed by atoms with E-state index in [2.05, 4.69) is 25.5 Å². The summed E-state index contributed by atoms with van der Waals surface area (Å²) < 4.78 is 35.3. The minimum atomic E-state index is -3.69. The zero-order chi connectivity index (χ0) is 21.8. The summed E-state index contributed by atoms with van der Waals surface area (Å²) in [6.45, 7) is 6.87. The van der Waals surface area contributed by atoms with Crippen LogP contribution in [-0.4, -0.2) is 8.42 Å². The molecule has 4 nitrogen and oxygen atoms in total. The van der Waals surface area contributed by atoms with Crippen molar-refractivity contribution in [2.75, 3.05) is 4.72 Å². The maximum Gasteiger partial charge on any atom is 0.261 e. The standard InChI is InChI=1S/C26H27NO3S/c1-26(2,3)17-13-14-24-21(15-17)22-16-23(19-11-7-8-12-20(19)25(22)30-24)27-31(28,29)18-9-5-4-6-10-18/h4-12,16-17,27H,13-15H2,1-3H3/t17-/m0/s1. The third kappa shape index (κ3) is 3.51. The molecule has 5 heteroatoms. The van der Waals surface area contributed by atoms with Crippen LogP contribution < -0.4 is 4.72 Å². The SMILES string of the molecule is CC(C)(C)[C@H]1CCc2oc3c(cc(NS(=O)(=O)c4ccccc4)c4ccccc43)c2C1. The molecule has 0 amide bonds. The van der Waals surface area contributed by atoms with Gasteiger partial charge in [0.05, 0.1) is 10.6 Å². The van der Waals surface area contributed by atoms with Crippen molar-refractivity contribution < 1.29 is 12.8 Å². The molecule has 1 N–H and O–H groups in total. The highest BCUT2D eigenvalue weighted by molar-refractivity contribution is 7.92. The van der Waals surface area contributed by atoms with Crippen molar-refractivity contribution in [3.8, 4) is 0 Å². The Morgan fingerprint density at radius 2 is 1.61 bits per heavy atom. The Bertz CT molecular complexity index is 1380. The van der Waals surface area contributed by atoms with Crippen LogP contribution in [0.1, 0.15) is 38.5 Å². The molecule has 31 heavy (non-hydrogen) atoms. The lowest BCUT2D eigenvalue weighted by Crippen LogP contribution is -2.26. The van der Waals surface area contributed by atoms with Crippen molar-refractivity contribution in [3.63, 3.8) is 0 Å². The van der Waals surface area contributed by atoms with Crippen LogP contribution in [0.25, 0.3) is 21.7 Å². The highest BCUT2D eigenvalue weighted by atomic mass is 32.2. The third-order valence-corrected chi connectivity index (χ3v) is 7.96. The number of benzene rings is 3. The Hall–Kier alpha value is -2.79. The number of hydrogen-bond donors (Lipinski definition) is 1. The number of fused-ring (bicyclic) bond motifs is 5. The van der Waals surface area contributed by atoms with Gasteiger partial charge in [-0.2, -0.15) is 0 Å². The molecule has 0 saturated heterocycles. The fraction of sp³-hybridized carbons (Fsp3) is 0.308. The van der Waals surface area contributed by atoms with Crippen LogP contribution in [0, 0.1) is 11.3 Å². The highest BCUT2D eigenvalue weighted by Crippen LogP contribution is 2.44. The van der Waals surface area contributed by atoms with Crippen LogP contribution in [0.3, 0.4) is 0 Å². The average Bonchev–Trinajstić information content (AvgIpc) is 3.12. The second-order valence-electron chi connectivity index (χ2n) is 9.57. The van der Waals surface area contributed by atoms with E-state index in [9.17, 15) is 8.42 Å². The van der Waals surface area contributed by atoms with Crippen LogP contribution >= 0.6 is 0 Å². The van der Waals surface area contributed by atoms with Gasteiger partial charge in [-0.1, -0.05) is 63.2 Å². The molecule has 1 aliphatic carbocycles. The summed E-state index contributed by atoms with van der Waals surface area (Å²) in [6.07, 6.45) is 2.99. The summed E-state index contributed by atoms with van der Waals surface area (Å²) in [5.74, 6) is 1.61. The van der Waals surface area contributed by atoms with Gasteiger partial charge in [0.2, 0.25) is 0 Å². The molecule has 160 valence electrons. The van der Waals surface area contributed by atoms with E-state index in [1.165, 1.54) is 5.56 Å². The number of furan rings is 1. The van der Waals surface area contributed by atoms with E-state index in [-0.39, 0.29) is 10.3 Å². The van der Waals surface area contributed by atoms with Gasteiger partial charge in [-0.05, 0) is 42.4 Å². The van der Waals surface area contributed by atoms with Crippen LogP contribution in [0.4, 0.5) is 5.69 Å². The molecule has 0 saturated carbocycles. The molecule has 1 heterocycles. The van der Waals surface area contributed by atoms with Gasteiger partial charge in [-0.15, -0.1) is 0 Å². The van der Waals surface area contributed by atoms with Crippen LogP contribution in [0.15, 0.2) is 70.0 Å². The Morgan fingerprint density at radius 1 is 0.935 bits per heavy atom. The minimum Gasteiger partial charge on any atom is -0.460 e. The summed E-state index contributed by atoms with van der Waals surface area (Å²) in [5, 5.41) is 2.80. The number of hydrogen-bond acceptors (Lipinski definition) is 3. The van der Waals surface area contributed by atoms with Gasteiger partial charge >= 0.3 is 0 Å². The number of nitrogens with one attached hydrogen (secondary N) is 1. The monoisotopic (exact) mass is 433 g/mol. The first-order valence-electron chi connectivity index (χ1n) is 10.8. The van der Waals surface area contributed by atoms with Gasteiger partial charge in [0.25, 0.3) is 10.0 Å². The Morgan fingerprint density at radius 3 is 2.32 bits per heavy atom. The van der Waals surface area contributed by atoms with E-state index in [0.29, 0.717) is 11.6 Å². The first-order valence-corrected chi connectivity index (χ1v) is 12.3. The summed E-state index contributed by atoms with van der Waals surface area (Å²) in [7, 11) is -3.69. The molecule has 1 aliphatic rings. The number of anilines is 1. The first-order chi connectivity index (χ1) is 14.7. The summed E-state index contributed by atoms with van der Waals surface area (Å²) in [4.78, 5) is 0.251. The van der Waals surface area contributed by atoms with Crippen molar-refractivity contribution in [1.82, 2.24) is 0 Å². The first kappa shape index (κ1) is 20.1. The van der Waals surface area contributed by atoms with E-state index in [1.807, 2.05) is 36.4 Å². The number of sulfonamides is 1. The summed E-state index contributed by atoms with van der Waals surface area (Å²) >= 11 is 0. The van der Waals surface area contributed by atoms with Crippen molar-refractivity contribution in [3.05, 3.63) is 72.0 Å². The van der Waals surface area contributed by atoms with E-state index >= 15 is 0 Å².